The molecule has 1 rings (SSSR count). The smallest absolute Gasteiger partial charge is 0.274 e. The lowest BCUT2D eigenvalue weighted by Gasteiger charge is -2.17. The number of amides is 1. The highest BCUT2D eigenvalue weighted by Crippen LogP contribution is 2.20. The van der Waals surface area contributed by atoms with Gasteiger partial charge in [-0.05, 0) is 25.0 Å². The zero-order valence-electron chi connectivity index (χ0n) is 16.3. The average Bonchev–Trinajstić information content (AvgIpc) is 2.68. The molecule has 1 amide bonds. The van der Waals surface area contributed by atoms with E-state index in [0.29, 0.717) is 12.2 Å². The Kier molecular flexibility index (Phi) is 11.8. The van der Waals surface area contributed by atoms with Crippen molar-refractivity contribution in [2.75, 3.05) is 0 Å². The molecule has 7 nitrogen and oxygen atoms in total. The first-order chi connectivity index (χ1) is 13.1. The number of hydrazine groups is 1. The van der Waals surface area contributed by atoms with Gasteiger partial charge in [-0.2, -0.15) is 0 Å². The highest BCUT2D eigenvalue weighted by molar-refractivity contribution is 5.80. The molecule has 0 aliphatic heterocycles. The van der Waals surface area contributed by atoms with Crippen molar-refractivity contribution < 1.29 is 14.5 Å². The van der Waals surface area contributed by atoms with Crippen LogP contribution >= 0.6 is 0 Å². The number of nitrogens with zero attached hydrogens (tertiary/aromatic N) is 1. The van der Waals surface area contributed by atoms with Gasteiger partial charge in [0.1, 0.15) is 5.75 Å². The van der Waals surface area contributed by atoms with Crippen LogP contribution in [0.2, 0.25) is 0 Å². The zero-order chi connectivity index (χ0) is 19.9. The van der Waals surface area contributed by atoms with E-state index < -0.39 is 11.0 Å². The summed E-state index contributed by atoms with van der Waals surface area (Å²) in [6.07, 6.45) is 12.0. The monoisotopic (exact) mass is 379 g/mol. The van der Waals surface area contributed by atoms with Crippen LogP contribution in [0.4, 0.5) is 5.69 Å². The molecule has 3 N–H and O–H groups in total. The second-order valence-corrected chi connectivity index (χ2v) is 6.84. The highest BCUT2D eigenvalue weighted by Gasteiger charge is 2.19. The number of unbranched alkanes of at least 4 members (excludes halogenated alkanes) is 9. The van der Waals surface area contributed by atoms with Crippen LogP contribution in [0, 0.1) is 10.1 Å². The molecule has 7 heteroatoms. The van der Waals surface area contributed by atoms with Gasteiger partial charge in [0.2, 0.25) is 0 Å². The molecule has 0 aromatic heterocycles. The van der Waals surface area contributed by atoms with E-state index in [4.69, 9.17) is 10.6 Å². The fourth-order valence-electron chi connectivity index (χ4n) is 2.96. The molecule has 1 atom stereocenters. The minimum Gasteiger partial charge on any atom is -0.481 e. The third-order valence-electron chi connectivity index (χ3n) is 4.58. The number of nitro benzene ring substituents is 1. The Morgan fingerprint density at radius 1 is 1.04 bits per heavy atom. The number of nitro groups is 1. The van der Waals surface area contributed by atoms with Gasteiger partial charge in [0.25, 0.3) is 11.6 Å². The molecule has 0 aliphatic carbocycles. The fourth-order valence-corrected chi connectivity index (χ4v) is 2.96. The summed E-state index contributed by atoms with van der Waals surface area (Å²) in [6.45, 7) is 2.23. The first-order valence-electron chi connectivity index (χ1n) is 10.00. The van der Waals surface area contributed by atoms with E-state index in [1.54, 1.807) is 0 Å². The van der Waals surface area contributed by atoms with Crippen molar-refractivity contribution >= 4 is 11.6 Å². The predicted octanol–water partition coefficient (Wildman–Crippen LogP) is 4.64. The van der Waals surface area contributed by atoms with Crippen LogP contribution in [0.15, 0.2) is 24.3 Å². The minimum atomic E-state index is -0.689. The Bertz CT molecular complexity index is 549. The quantitative estimate of drug-likeness (QED) is 0.152. The second kappa shape index (κ2) is 14.0. The van der Waals surface area contributed by atoms with Gasteiger partial charge in [0.05, 0.1) is 4.92 Å². The number of ether oxygens (including phenoxy) is 1. The maximum Gasteiger partial charge on any atom is 0.274 e. The SMILES string of the molecule is CCCCCCCCCCCC[C@H](Oc1ccc([N+](=O)[O-])cc1)C(=O)NN. The molecule has 0 bridgehead atoms. The molecule has 1 aromatic carbocycles. The van der Waals surface area contributed by atoms with Crippen molar-refractivity contribution in [3.05, 3.63) is 34.4 Å². The predicted molar refractivity (Wildman–Crippen MR) is 106 cm³/mol. The summed E-state index contributed by atoms with van der Waals surface area (Å²) in [5, 5.41) is 10.7. The number of nitrogens with two attached hydrogens (primary N) is 1. The highest BCUT2D eigenvalue weighted by atomic mass is 16.6. The van der Waals surface area contributed by atoms with Crippen molar-refractivity contribution in [2.45, 2.75) is 83.7 Å². The normalized spacial score (nSPS) is 11.8. The summed E-state index contributed by atoms with van der Waals surface area (Å²) in [6, 6.07) is 5.70. The van der Waals surface area contributed by atoms with Crippen molar-refractivity contribution in [1.82, 2.24) is 5.43 Å². The molecule has 0 unspecified atom stereocenters. The number of carbonyl (C=O) groups is 1. The summed E-state index contributed by atoms with van der Waals surface area (Å²) in [5.74, 6) is 5.27. The number of nitrogens with one attached hydrogen (secondary N) is 1. The van der Waals surface area contributed by atoms with Gasteiger partial charge in [-0.25, -0.2) is 5.84 Å². The number of carbonyl (C=O) groups excluding carboxylic acids is 1. The molecule has 0 aliphatic rings. The van der Waals surface area contributed by atoms with Gasteiger partial charge in [0.15, 0.2) is 6.10 Å². The minimum absolute atomic E-state index is 0.0168. The maximum atomic E-state index is 11.9. The van der Waals surface area contributed by atoms with E-state index in [1.807, 2.05) is 0 Å². The molecule has 0 heterocycles. The Morgan fingerprint density at radius 2 is 1.56 bits per heavy atom. The Hall–Kier alpha value is -2.15. The lowest BCUT2D eigenvalue weighted by Crippen LogP contribution is -2.42. The van der Waals surface area contributed by atoms with Gasteiger partial charge in [-0.15, -0.1) is 0 Å². The molecule has 1 aromatic rings. The molecule has 0 spiro atoms. The fraction of sp³-hybridized carbons (Fsp3) is 0.650. The van der Waals surface area contributed by atoms with Gasteiger partial charge >= 0.3 is 0 Å². The van der Waals surface area contributed by atoms with E-state index >= 15 is 0 Å². The number of hydrogen-bond acceptors (Lipinski definition) is 5. The Labute approximate surface area is 161 Å². The number of benzene rings is 1. The summed E-state index contributed by atoms with van der Waals surface area (Å²) >= 11 is 0. The van der Waals surface area contributed by atoms with Crippen molar-refractivity contribution in [2.24, 2.45) is 5.84 Å². The van der Waals surface area contributed by atoms with Gasteiger partial charge in [-0.1, -0.05) is 64.7 Å². The van der Waals surface area contributed by atoms with E-state index in [0.717, 1.165) is 19.3 Å². The topological polar surface area (TPSA) is 107 Å². The second-order valence-electron chi connectivity index (χ2n) is 6.84. The molecular formula is C20H33N3O4. The molecule has 27 heavy (non-hydrogen) atoms. The van der Waals surface area contributed by atoms with E-state index in [2.05, 4.69) is 12.3 Å². The standard InChI is InChI=1S/C20H33N3O4/c1-2-3-4-5-6-7-8-9-10-11-12-19(20(24)22-21)27-18-15-13-17(14-16-18)23(25)26/h13-16,19H,2-12,21H2,1H3,(H,22,24)/t19-/m0/s1. The Balaban J connectivity index is 2.28. The van der Waals surface area contributed by atoms with Crippen molar-refractivity contribution in [1.29, 1.82) is 0 Å². The maximum absolute atomic E-state index is 11.9. The van der Waals surface area contributed by atoms with Gasteiger partial charge in [-0.3, -0.25) is 20.3 Å². The largest absolute Gasteiger partial charge is 0.481 e. The van der Waals surface area contributed by atoms with E-state index in [9.17, 15) is 14.9 Å². The molecule has 0 saturated heterocycles. The van der Waals surface area contributed by atoms with Crippen LogP contribution in [-0.4, -0.2) is 16.9 Å². The number of non-ortho nitro benzene ring substituents is 1. The third kappa shape index (κ3) is 9.94. The van der Waals surface area contributed by atoms with Gasteiger partial charge < -0.3 is 4.74 Å². The molecule has 0 saturated carbocycles. The van der Waals surface area contributed by atoms with Crippen molar-refractivity contribution in [3.63, 3.8) is 0 Å². The zero-order valence-corrected chi connectivity index (χ0v) is 16.3. The van der Waals surface area contributed by atoms with Crippen LogP contribution in [0.5, 0.6) is 5.75 Å². The average molecular weight is 380 g/mol. The summed E-state index contributed by atoms with van der Waals surface area (Å²) < 4.78 is 5.67. The van der Waals surface area contributed by atoms with Gasteiger partial charge in [0, 0.05) is 12.1 Å². The summed E-state index contributed by atoms with van der Waals surface area (Å²) in [4.78, 5) is 22.1. The Morgan fingerprint density at radius 3 is 2.04 bits per heavy atom. The van der Waals surface area contributed by atoms with Crippen LogP contribution in [0.25, 0.3) is 0 Å². The van der Waals surface area contributed by atoms with Crippen LogP contribution < -0.4 is 16.0 Å². The summed E-state index contributed by atoms with van der Waals surface area (Å²) in [5.41, 5.74) is 2.11. The van der Waals surface area contributed by atoms with E-state index in [-0.39, 0.29) is 11.6 Å². The molecule has 152 valence electrons. The first-order valence-corrected chi connectivity index (χ1v) is 10.00. The van der Waals surface area contributed by atoms with Crippen molar-refractivity contribution in [3.8, 4) is 5.75 Å². The number of hydrogen-bond donors (Lipinski definition) is 2. The third-order valence-corrected chi connectivity index (χ3v) is 4.58. The molecule has 0 fully saturated rings. The van der Waals surface area contributed by atoms with Crippen LogP contribution in [-0.2, 0) is 4.79 Å². The lowest BCUT2D eigenvalue weighted by atomic mass is 10.0. The van der Waals surface area contributed by atoms with E-state index in [1.165, 1.54) is 69.2 Å². The molecular weight excluding hydrogens is 346 g/mol. The lowest BCUT2D eigenvalue weighted by molar-refractivity contribution is -0.384. The number of rotatable bonds is 15. The van der Waals surface area contributed by atoms with Crippen LogP contribution in [0.1, 0.15) is 77.6 Å². The first kappa shape index (κ1) is 22.9. The van der Waals surface area contributed by atoms with Crippen LogP contribution in [0.3, 0.4) is 0 Å². The summed E-state index contributed by atoms with van der Waals surface area (Å²) in [7, 11) is 0. The molecule has 0 radical (unpaired) electrons.